The van der Waals surface area contributed by atoms with Crippen LogP contribution in [-0.2, 0) is 0 Å². The van der Waals surface area contributed by atoms with Crippen LogP contribution in [0.5, 0.6) is 0 Å². The van der Waals surface area contributed by atoms with E-state index >= 15 is 0 Å². The van der Waals surface area contributed by atoms with Crippen LogP contribution >= 0.6 is 0 Å². The Balaban J connectivity index is 1.70. The fraction of sp³-hybridized carbons (Fsp3) is 0.0909. The Morgan fingerprint density at radius 1 is 0.441 bits per heavy atom. The summed E-state index contributed by atoms with van der Waals surface area (Å²) in [4.78, 5) is 0. The van der Waals surface area contributed by atoms with E-state index in [0.29, 0.717) is 0 Å². The number of aryl methyl sites for hydroxylation is 3. The molecule has 0 N–H and O–H groups in total. The molecule has 0 fully saturated rings. The van der Waals surface area contributed by atoms with Gasteiger partial charge in [0.25, 0.3) is 0 Å². The first kappa shape index (κ1) is 20.5. The second-order valence-electron chi connectivity index (χ2n) is 9.22. The Morgan fingerprint density at radius 3 is 1.35 bits per heavy atom. The number of benzene rings is 5. The number of hydrogen-bond donors (Lipinski definition) is 0. The van der Waals surface area contributed by atoms with Crippen molar-refractivity contribution in [2.75, 3.05) is 0 Å². The Morgan fingerprint density at radius 2 is 0.882 bits per heavy atom. The van der Waals surface area contributed by atoms with Crippen LogP contribution in [0, 0.1) is 20.8 Å². The van der Waals surface area contributed by atoms with E-state index in [4.69, 9.17) is 0 Å². The third kappa shape index (κ3) is 3.24. The van der Waals surface area contributed by atoms with E-state index < -0.39 is 0 Å². The van der Waals surface area contributed by atoms with Gasteiger partial charge in [0.15, 0.2) is 0 Å². The minimum Gasteiger partial charge on any atom is -0.309 e. The summed E-state index contributed by atoms with van der Waals surface area (Å²) in [6.45, 7) is 6.56. The van der Waals surface area contributed by atoms with Crippen LogP contribution in [0.15, 0.2) is 109 Å². The molecule has 0 unspecified atom stereocenters. The summed E-state index contributed by atoms with van der Waals surface area (Å²) in [5, 5.41) is 2.57. The third-order valence-corrected chi connectivity index (χ3v) is 7.03. The molecule has 0 saturated carbocycles. The van der Waals surface area contributed by atoms with Gasteiger partial charge in [-0.25, -0.2) is 0 Å². The van der Waals surface area contributed by atoms with Crippen molar-refractivity contribution in [2.45, 2.75) is 20.8 Å². The maximum atomic E-state index is 2.42. The molecule has 6 rings (SSSR count). The van der Waals surface area contributed by atoms with Crippen LogP contribution in [-0.4, -0.2) is 4.57 Å². The van der Waals surface area contributed by atoms with Crippen molar-refractivity contribution >= 4 is 21.8 Å². The summed E-state index contributed by atoms with van der Waals surface area (Å²) < 4.78 is 2.42. The van der Waals surface area contributed by atoms with E-state index in [1.54, 1.807) is 0 Å². The molecule has 0 bridgehead atoms. The maximum Gasteiger partial charge on any atom is 0.0541 e. The van der Waals surface area contributed by atoms with Gasteiger partial charge in [0, 0.05) is 16.5 Å². The van der Waals surface area contributed by atoms with E-state index in [1.807, 2.05) is 0 Å². The maximum absolute atomic E-state index is 2.42. The number of nitrogens with zero attached hydrogens (tertiary/aromatic N) is 1. The second-order valence-corrected chi connectivity index (χ2v) is 9.22. The molecule has 164 valence electrons. The molecule has 0 aliphatic carbocycles. The summed E-state index contributed by atoms with van der Waals surface area (Å²) in [5.41, 5.74) is 12.7. The quantitative estimate of drug-likeness (QED) is 0.260. The molecule has 34 heavy (non-hydrogen) atoms. The van der Waals surface area contributed by atoms with Gasteiger partial charge in [-0.1, -0.05) is 78.9 Å². The topological polar surface area (TPSA) is 4.93 Å². The molecular formula is C33H27N. The molecule has 0 atom stereocenters. The van der Waals surface area contributed by atoms with E-state index in [9.17, 15) is 0 Å². The van der Waals surface area contributed by atoms with Crippen LogP contribution < -0.4 is 0 Å². The molecule has 5 aromatic carbocycles. The molecule has 0 aliphatic heterocycles. The number of aromatic nitrogens is 1. The zero-order chi connectivity index (χ0) is 23.2. The Labute approximate surface area is 200 Å². The minimum absolute atomic E-state index is 1.23. The van der Waals surface area contributed by atoms with Crippen molar-refractivity contribution in [3.05, 3.63) is 126 Å². The standard InChI is InChI=1S/C33H27N/c1-22-10-4-7-13-27(22)25-16-18-32-29(20-25)30-21-26(28-14-8-5-11-23(28)2)17-19-33(30)34(32)31-15-9-6-12-24(31)3/h4-21H,1-3H3. The summed E-state index contributed by atoms with van der Waals surface area (Å²) in [5.74, 6) is 0. The molecule has 6 aromatic rings. The number of rotatable bonds is 3. The summed E-state index contributed by atoms with van der Waals surface area (Å²) >= 11 is 0. The van der Waals surface area contributed by atoms with Gasteiger partial charge in [-0.2, -0.15) is 0 Å². The third-order valence-electron chi connectivity index (χ3n) is 7.03. The van der Waals surface area contributed by atoms with Crippen LogP contribution in [0.3, 0.4) is 0 Å². The Kier molecular flexibility index (Phi) is 4.85. The zero-order valence-corrected chi connectivity index (χ0v) is 19.8. The summed E-state index contributed by atoms with van der Waals surface area (Å²) in [6.07, 6.45) is 0. The molecule has 0 spiro atoms. The van der Waals surface area contributed by atoms with Crippen molar-refractivity contribution in [1.29, 1.82) is 0 Å². The average molecular weight is 438 g/mol. The Hall–Kier alpha value is -4.10. The highest BCUT2D eigenvalue weighted by Gasteiger charge is 2.16. The smallest absolute Gasteiger partial charge is 0.0541 e. The zero-order valence-electron chi connectivity index (χ0n) is 19.8. The summed E-state index contributed by atoms with van der Waals surface area (Å²) in [6, 6.07) is 39.8. The fourth-order valence-corrected chi connectivity index (χ4v) is 5.23. The molecule has 1 heterocycles. The van der Waals surface area contributed by atoms with Crippen molar-refractivity contribution in [1.82, 2.24) is 4.57 Å². The molecular weight excluding hydrogens is 410 g/mol. The van der Waals surface area contributed by atoms with Crippen LogP contribution in [0.4, 0.5) is 0 Å². The molecule has 0 amide bonds. The van der Waals surface area contributed by atoms with Gasteiger partial charge in [-0.05, 0) is 90.0 Å². The first-order valence-electron chi connectivity index (χ1n) is 11.9. The van der Waals surface area contributed by atoms with Gasteiger partial charge < -0.3 is 4.57 Å². The number of para-hydroxylation sites is 1. The van der Waals surface area contributed by atoms with Gasteiger partial charge >= 0.3 is 0 Å². The molecule has 0 radical (unpaired) electrons. The molecule has 0 aliphatic rings. The second kappa shape index (κ2) is 8.04. The molecule has 1 aromatic heterocycles. The van der Waals surface area contributed by atoms with E-state index in [-0.39, 0.29) is 0 Å². The first-order valence-corrected chi connectivity index (χ1v) is 11.9. The van der Waals surface area contributed by atoms with Crippen molar-refractivity contribution in [3.8, 4) is 27.9 Å². The van der Waals surface area contributed by atoms with Crippen LogP contribution in [0.25, 0.3) is 49.7 Å². The van der Waals surface area contributed by atoms with Crippen LogP contribution in [0.1, 0.15) is 16.7 Å². The van der Waals surface area contributed by atoms with Crippen molar-refractivity contribution in [3.63, 3.8) is 0 Å². The van der Waals surface area contributed by atoms with E-state index in [1.165, 1.54) is 66.4 Å². The summed E-state index contributed by atoms with van der Waals surface area (Å²) in [7, 11) is 0. The highest BCUT2D eigenvalue weighted by molar-refractivity contribution is 6.11. The van der Waals surface area contributed by atoms with Crippen molar-refractivity contribution in [2.24, 2.45) is 0 Å². The molecule has 1 heteroatoms. The highest BCUT2D eigenvalue weighted by Crippen LogP contribution is 2.38. The van der Waals surface area contributed by atoms with Gasteiger partial charge in [-0.15, -0.1) is 0 Å². The first-order chi connectivity index (χ1) is 16.6. The Bertz CT molecular complexity index is 1580. The largest absolute Gasteiger partial charge is 0.309 e. The normalized spacial score (nSPS) is 11.4. The van der Waals surface area contributed by atoms with Gasteiger partial charge in [0.1, 0.15) is 0 Å². The van der Waals surface area contributed by atoms with Gasteiger partial charge in [0.05, 0.1) is 11.0 Å². The lowest BCUT2D eigenvalue weighted by Crippen LogP contribution is -1.96. The monoisotopic (exact) mass is 437 g/mol. The minimum atomic E-state index is 1.23. The number of fused-ring (bicyclic) bond motifs is 3. The molecule has 1 nitrogen and oxygen atoms in total. The highest BCUT2D eigenvalue weighted by atomic mass is 15.0. The SMILES string of the molecule is Cc1ccccc1-c1ccc2c(c1)c1cc(-c3ccccc3C)ccc1n2-c1ccccc1C. The van der Waals surface area contributed by atoms with Gasteiger partial charge in [0.2, 0.25) is 0 Å². The van der Waals surface area contributed by atoms with E-state index in [2.05, 4.69) is 135 Å². The lowest BCUT2D eigenvalue weighted by atomic mass is 9.97. The van der Waals surface area contributed by atoms with Crippen molar-refractivity contribution < 1.29 is 0 Å². The lowest BCUT2D eigenvalue weighted by molar-refractivity contribution is 1.15. The van der Waals surface area contributed by atoms with E-state index in [0.717, 1.165) is 0 Å². The predicted molar refractivity (Wildman–Crippen MR) is 146 cm³/mol. The molecule has 0 saturated heterocycles. The predicted octanol–water partition coefficient (Wildman–Crippen LogP) is 9.04. The van der Waals surface area contributed by atoms with Gasteiger partial charge in [-0.3, -0.25) is 0 Å². The lowest BCUT2D eigenvalue weighted by Gasteiger charge is -2.12. The number of hydrogen-bond acceptors (Lipinski definition) is 0. The van der Waals surface area contributed by atoms with Crippen LogP contribution in [0.2, 0.25) is 0 Å². The average Bonchev–Trinajstić information content (AvgIpc) is 3.18. The fourth-order valence-electron chi connectivity index (χ4n) is 5.23.